The molecule has 0 saturated carbocycles. The zero-order valence-corrected chi connectivity index (χ0v) is 17.5. The van der Waals surface area contributed by atoms with Gasteiger partial charge in [-0.3, -0.25) is 9.78 Å². The number of nitrogens with one attached hydrogen (secondary N) is 1. The minimum atomic E-state index is -0.215. The molecule has 1 aromatic rings. The van der Waals surface area contributed by atoms with E-state index in [2.05, 4.69) is 10.3 Å². The summed E-state index contributed by atoms with van der Waals surface area (Å²) in [6.07, 6.45) is 7.10. The lowest BCUT2D eigenvalue weighted by Gasteiger charge is -2.35. The molecule has 1 aromatic heterocycles. The third-order valence-corrected chi connectivity index (χ3v) is 5.71. The Balaban J connectivity index is 0.00000140. The van der Waals surface area contributed by atoms with Gasteiger partial charge in [0.15, 0.2) is 0 Å². The van der Waals surface area contributed by atoms with Crippen molar-refractivity contribution in [3.63, 3.8) is 0 Å². The van der Waals surface area contributed by atoms with Crippen LogP contribution in [0.25, 0.3) is 0 Å². The first kappa shape index (κ1) is 22.7. The maximum absolute atomic E-state index is 12.8. The van der Waals surface area contributed by atoms with Gasteiger partial charge in [-0.25, -0.2) is 4.79 Å². The van der Waals surface area contributed by atoms with Crippen LogP contribution in [0.1, 0.15) is 35.2 Å². The van der Waals surface area contributed by atoms with Crippen LogP contribution in [0.5, 0.6) is 0 Å². The lowest BCUT2D eigenvalue weighted by molar-refractivity contribution is 0.0658. The average Bonchev–Trinajstić information content (AvgIpc) is 3.33. The van der Waals surface area contributed by atoms with Gasteiger partial charge in [0.2, 0.25) is 0 Å². The molecule has 156 valence electrons. The molecule has 0 radical (unpaired) electrons. The molecule has 3 aliphatic rings. The number of halogens is 2. The standard InChI is InChI=1S/C19H26N4O3.2ClH/c24-18(16-10-15(12-21-13-16)9-14-1-4-20-11-14)22-5-2-17(3-6-22)23-7-8-26-19(23)25;;/h10,12-14,17,20H,1-9,11H2;2*1H. The summed E-state index contributed by atoms with van der Waals surface area (Å²) in [4.78, 5) is 32.5. The largest absolute Gasteiger partial charge is 0.448 e. The number of hydrogen-bond donors (Lipinski definition) is 1. The quantitative estimate of drug-likeness (QED) is 0.791. The zero-order chi connectivity index (χ0) is 17.9. The molecule has 3 aliphatic heterocycles. The fraction of sp³-hybridized carbons (Fsp3) is 0.632. The molecule has 3 fully saturated rings. The summed E-state index contributed by atoms with van der Waals surface area (Å²) in [6.45, 7) is 4.61. The van der Waals surface area contributed by atoms with E-state index in [1.807, 2.05) is 17.2 Å². The number of piperidine rings is 1. The van der Waals surface area contributed by atoms with Crippen molar-refractivity contribution in [3.8, 4) is 0 Å². The molecular formula is C19H28Cl2N4O3. The van der Waals surface area contributed by atoms with Gasteiger partial charge in [0.25, 0.3) is 5.91 Å². The summed E-state index contributed by atoms with van der Waals surface area (Å²) in [6, 6.07) is 2.19. The van der Waals surface area contributed by atoms with E-state index < -0.39 is 0 Å². The van der Waals surface area contributed by atoms with Crippen LogP contribution in [-0.4, -0.2) is 72.2 Å². The summed E-state index contributed by atoms with van der Waals surface area (Å²) in [5.74, 6) is 0.685. The van der Waals surface area contributed by atoms with Crippen molar-refractivity contribution in [2.75, 3.05) is 39.3 Å². The summed E-state index contributed by atoms with van der Waals surface area (Å²) >= 11 is 0. The molecule has 3 saturated heterocycles. The molecule has 0 aliphatic carbocycles. The smallest absolute Gasteiger partial charge is 0.410 e. The predicted molar refractivity (Wildman–Crippen MR) is 110 cm³/mol. The number of nitrogens with zero attached hydrogens (tertiary/aromatic N) is 3. The van der Waals surface area contributed by atoms with Gasteiger partial charge in [0, 0.05) is 31.5 Å². The molecule has 4 heterocycles. The average molecular weight is 431 g/mol. The Hall–Kier alpha value is -1.57. The van der Waals surface area contributed by atoms with E-state index in [-0.39, 0.29) is 42.9 Å². The number of cyclic esters (lactones) is 1. The van der Waals surface area contributed by atoms with Crippen LogP contribution in [0.4, 0.5) is 4.79 Å². The molecule has 1 N–H and O–H groups in total. The third kappa shape index (κ3) is 5.07. The Labute approximate surface area is 178 Å². The van der Waals surface area contributed by atoms with E-state index >= 15 is 0 Å². The Morgan fingerprint density at radius 2 is 1.96 bits per heavy atom. The highest BCUT2D eigenvalue weighted by Crippen LogP contribution is 2.22. The molecule has 0 spiro atoms. The summed E-state index contributed by atoms with van der Waals surface area (Å²) in [7, 11) is 0. The van der Waals surface area contributed by atoms with Gasteiger partial charge in [0.1, 0.15) is 6.61 Å². The van der Waals surface area contributed by atoms with Gasteiger partial charge >= 0.3 is 6.09 Å². The molecule has 1 unspecified atom stereocenters. The second-order valence-electron chi connectivity index (χ2n) is 7.48. The number of amides is 2. The second-order valence-corrected chi connectivity index (χ2v) is 7.48. The number of pyridine rings is 1. The van der Waals surface area contributed by atoms with Gasteiger partial charge in [0.05, 0.1) is 12.1 Å². The predicted octanol–water partition coefficient (Wildman–Crippen LogP) is 2.13. The van der Waals surface area contributed by atoms with Gasteiger partial charge in [-0.15, -0.1) is 24.8 Å². The van der Waals surface area contributed by atoms with Crippen molar-refractivity contribution < 1.29 is 14.3 Å². The number of carbonyl (C=O) groups excluding carboxylic acids is 2. The number of ether oxygens (including phenoxy) is 1. The Bertz CT molecular complexity index is 677. The van der Waals surface area contributed by atoms with E-state index in [1.165, 1.54) is 6.42 Å². The van der Waals surface area contributed by atoms with E-state index in [1.54, 1.807) is 11.1 Å². The fourth-order valence-corrected chi connectivity index (χ4v) is 4.24. The monoisotopic (exact) mass is 430 g/mol. The summed E-state index contributed by atoms with van der Waals surface area (Å²) in [5, 5.41) is 3.38. The normalized spacial score (nSPS) is 22.4. The lowest BCUT2D eigenvalue weighted by Crippen LogP contribution is -2.47. The molecule has 4 rings (SSSR count). The van der Waals surface area contributed by atoms with Gasteiger partial charge in [-0.05, 0) is 56.3 Å². The maximum atomic E-state index is 12.8. The number of likely N-dealkylation sites (tertiary alicyclic amines) is 1. The van der Waals surface area contributed by atoms with E-state index in [0.29, 0.717) is 37.7 Å². The van der Waals surface area contributed by atoms with Crippen LogP contribution >= 0.6 is 24.8 Å². The number of aromatic nitrogens is 1. The molecule has 28 heavy (non-hydrogen) atoms. The highest BCUT2D eigenvalue weighted by Gasteiger charge is 2.33. The molecule has 2 amide bonds. The topological polar surface area (TPSA) is 74.8 Å². The van der Waals surface area contributed by atoms with E-state index in [4.69, 9.17) is 4.74 Å². The van der Waals surface area contributed by atoms with Crippen LogP contribution in [0.2, 0.25) is 0 Å². The van der Waals surface area contributed by atoms with Crippen molar-refractivity contribution in [3.05, 3.63) is 29.6 Å². The first-order chi connectivity index (χ1) is 12.7. The molecule has 9 heteroatoms. The van der Waals surface area contributed by atoms with Crippen LogP contribution in [0, 0.1) is 5.92 Å². The maximum Gasteiger partial charge on any atom is 0.410 e. The van der Waals surface area contributed by atoms with Gasteiger partial charge in [-0.2, -0.15) is 0 Å². The zero-order valence-electron chi connectivity index (χ0n) is 15.8. The first-order valence-electron chi connectivity index (χ1n) is 9.58. The van der Waals surface area contributed by atoms with E-state index in [9.17, 15) is 9.59 Å². The first-order valence-corrected chi connectivity index (χ1v) is 9.58. The van der Waals surface area contributed by atoms with Crippen LogP contribution in [-0.2, 0) is 11.2 Å². The minimum absolute atomic E-state index is 0. The highest BCUT2D eigenvalue weighted by molar-refractivity contribution is 5.94. The van der Waals surface area contributed by atoms with E-state index in [0.717, 1.165) is 37.9 Å². The molecule has 1 atom stereocenters. The molecule has 0 bridgehead atoms. The van der Waals surface area contributed by atoms with Crippen LogP contribution in [0.15, 0.2) is 18.5 Å². The van der Waals surface area contributed by atoms with Gasteiger partial charge in [-0.1, -0.05) is 0 Å². The summed E-state index contributed by atoms with van der Waals surface area (Å²) in [5.41, 5.74) is 1.81. The second kappa shape index (κ2) is 10.3. The molecule has 0 aromatic carbocycles. The SMILES string of the molecule is Cl.Cl.O=C(c1cncc(CC2CCNC2)c1)N1CCC(N2CCOC2=O)CC1. The lowest BCUT2D eigenvalue weighted by atomic mass is 9.98. The Morgan fingerprint density at radius 1 is 1.18 bits per heavy atom. The number of rotatable bonds is 4. The number of carbonyl (C=O) groups is 2. The molecular weight excluding hydrogens is 403 g/mol. The molecule has 7 nitrogen and oxygen atoms in total. The fourth-order valence-electron chi connectivity index (χ4n) is 4.24. The highest BCUT2D eigenvalue weighted by atomic mass is 35.5. The van der Waals surface area contributed by atoms with Crippen molar-refractivity contribution in [1.82, 2.24) is 20.1 Å². The van der Waals surface area contributed by atoms with Gasteiger partial charge < -0.3 is 19.9 Å². The Kier molecular flexibility index (Phi) is 8.34. The van der Waals surface area contributed by atoms with Crippen molar-refractivity contribution in [2.45, 2.75) is 31.7 Å². The van der Waals surface area contributed by atoms with Crippen molar-refractivity contribution in [2.24, 2.45) is 5.92 Å². The summed E-state index contributed by atoms with van der Waals surface area (Å²) < 4.78 is 5.02. The van der Waals surface area contributed by atoms with Crippen LogP contribution < -0.4 is 5.32 Å². The minimum Gasteiger partial charge on any atom is -0.448 e. The third-order valence-electron chi connectivity index (χ3n) is 5.71. The van der Waals surface area contributed by atoms with Crippen LogP contribution in [0.3, 0.4) is 0 Å². The Morgan fingerprint density at radius 3 is 2.61 bits per heavy atom. The number of hydrogen-bond acceptors (Lipinski definition) is 5. The van der Waals surface area contributed by atoms with Crippen molar-refractivity contribution in [1.29, 1.82) is 0 Å². The van der Waals surface area contributed by atoms with Crippen molar-refractivity contribution >= 4 is 36.8 Å².